The van der Waals surface area contributed by atoms with Crippen molar-refractivity contribution in [3.05, 3.63) is 164 Å². The fraction of sp³-hybridized carbons (Fsp3) is 0.0833. The maximum absolute atomic E-state index is 7.00. The molecular formula is C36H36IrN3O3. The Hall–Kier alpha value is -4.36. The van der Waals surface area contributed by atoms with E-state index in [4.69, 9.17) is 15.3 Å². The van der Waals surface area contributed by atoms with E-state index in [2.05, 4.69) is 33.2 Å². The van der Waals surface area contributed by atoms with Crippen molar-refractivity contribution in [3.63, 3.8) is 0 Å². The first-order valence-electron chi connectivity index (χ1n) is 12.9. The van der Waals surface area contributed by atoms with Gasteiger partial charge in [-0.25, -0.2) is 0 Å². The number of hydrogen-bond acceptors (Lipinski definition) is 6. The van der Waals surface area contributed by atoms with E-state index in [1.54, 1.807) is 18.6 Å². The van der Waals surface area contributed by atoms with Crippen molar-refractivity contribution in [1.82, 2.24) is 15.0 Å². The van der Waals surface area contributed by atoms with Crippen LogP contribution in [0.25, 0.3) is 33.8 Å². The number of aliphatic hydroxyl groups excluding tert-OH is 3. The molecule has 0 atom stereocenters. The Labute approximate surface area is 268 Å². The number of benzene rings is 3. The van der Waals surface area contributed by atoms with Crippen LogP contribution in [0.5, 0.6) is 0 Å². The molecule has 3 N–H and O–H groups in total. The summed E-state index contributed by atoms with van der Waals surface area (Å²) in [5, 5.41) is 21.0. The summed E-state index contributed by atoms with van der Waals surface area (Å²) >= 11 is 0. The van der Waals surface area contributed by atoms with Gasteiger partial charge in [-0.1, -0.05) is 36.4 Å². The molecule has 43 heavy (non-hydrogen) atoms. The second-order valence-electron chi connectivity index (χ2n) is 7.47. The van der Waals surface area contributed by atoms with Crippen LogP contribution < -0.4 is 0 Å². The van der Waals surface area contributed by atoms with Crippen LogP contribution in [-0.4, -0.2) is 51.6 Å². The average molecular weight is 751 g/mol. The van der Waals surface area contributed by atoms with Gasteiger partial charge in [0.05, 0.1) is 0 Å². The van der Waals surface area contributed by atoms with Crippen molar-refractivity contribution >= 4 is 0 Å². The van der Waals surface area contributed by atoms with E-state index in [1.165, 1.54) is 0 Å². The Balaban J connectivity index is 0.000000559. The Kier molecular flexibility index (Phi) is 23.8. The maximum Gasteiger partial charge on any atom is 3.00 e. The Bertz CT molecular complexity index is 1110. The normalized spacial score (nSPS) is 8.51. The third-order valence-electron chi connectivity index (χ3n) is 4.95. The summed E-state index contributed by atoms with van der Waals surface area (Å²) in [4.78, 5) is 12.7. The van der Waals surface area contributed by atoms with Gasteiger partial charge in [0.1, 0.15) is 0 Å². The molecule has 0 amide bonds. The minimum atomic E-state index is 0. The molecule has 0 unspecified atom stereocenters. The number of hydrogen-bond donors (Lipinski definition) is 3. The zero-order chi connectivity index (χ0) is 30.7. The second kappa shape index (κ2) is 26.5. The zero-order valence-corrected chi connectivity index (χ0v) is 26.8. The predicted octanol–water partition coefficient (Wildman–Crippen LogP) is 6.47. The zero-order valence-electron chi connectivity index (χ0n) is 24.4. The van der Waals surface area contributed by atoms with Gasteiger partial charge < -0.3 is 30.3 Å². The third kappa shape index (κ3) is 15.4. The Morgan fingerprint density at radius 3 is 0.814 bits per heavy atom. The van der Waals surface area contributed by atoms with Crippen LogP contribution in [0.2, 0.25) is 0 Å². The maximum atomic E-state index is 7.00. The van der Waals surface area contributed by atoms with Gasteiger partial charge in [-0.05, 0) is 35.3 Å². The van der Waals surface area contributed by atoms with E-state index in [0.717, 1.165) is 55.1 Å². The van der Waals surface area contributed by atoms with E-state index in [1.807, 2.05) is 127 Å². The van der Waals surface area contributed by atoms with Crippen LogP contribution in [0.4, 0.5) is 0 Å². The molecular weight excluding hydrogens is 715 g/mol. The van der Waals surface area contributed by atoms with E-state index >= 15 is 0 Å². The molecule has 0 aliphatic carbocycles. The van der Waals surface area contributed by atoms with Gasteiger partial charge in [-0.2, -0.15) is 0 Å². The predicted molar refractivity (Wildman–Crippen MR) is 170 cm³/mol. The van der Waals surface area contributed by atoms with E-state index < -0.39 is 0 Å². The fourth-order valence-electron chi connectivity index (χ4n) is 3.22. The average Bonchev–Trinajstić information content (AvgIpc) is 3.14. The molecule has 0 radical (unpaired) electrons. The van der Waals surface area contributed by atoms with E-state index in [-0.39, 0.29) is 20.1 Å². The number of rotatable bonds is 3. The summed E-state index contributed by atoms with van der Waals surface area (Å²) in [5.41, 5.74) is 6.03. The first kappa shape index (κ1) is 38.6. The molecule has 0 saturated heterocycles. The van der Waals surface area contributed by atoms with Gasteiger partial charge in [0.15, 0.2) is 0 Å². The topological polar surface area (TPSA) is 99.4 Å². The smallest absolute Gasteiger partial charge is 0.400 e. The number of pyridine rings is 3. The van der Waals surface area contributed by atoms with Crippen molar-refractivity contribution < 1.29 is 35.4 Å². The van der Waals surface area contributed by atoms with Crippen molar-refractivity contribution in [2.75, 3.05) is 21.3 Å². The van der Waals surface area contributed by atoms with Crippen LogP contribution in [0.3, 0.4) is 0 Å². The van der Waals surface area contributed by atoms with Crippen LogP contribution >= 0.6 is 0 Å². The molecule has 7 heteroatoms. The molecule has 3 aromatic heterocycles. The first-order chi connectivity index (χ1) is 20.9. The van der Waals surface area contributed by atoms with Gasteiger partial charge >= 0.3 is 20.1 Å². The quantitative estimate of drug-likeness (QED) is 0.180. The molecule has 6 nitrogen and oxygen atoms in total. The molecule has 0 fully saturated rings. The molecule has 0 saturated carbocycles. The van der Waals surface area contributed by atoms with Crippen molar-refractivity contribution in [2.24, 2.45) is 0 Å². The van der Waals surface area contributed by atoms with Gasteiger partial charge in [0, 0.05) is 39.9 Å². The standard InChI is InChI=1S/3C11H8N.3CH4O.Ir/c3*1-2-6-10(7-3-1)11-8-4-5-9-12-11;3*1-2;/h3*1-6,8-9H;3*2H,1H3;/q3*-1;;;;+3. The molecule has 6 aromatic rings. The van der Waals surface area contributed by atoms with E-state index in [9.17, 15) is 0 Å². The number of aromatic nitrogens is 3. The first-order valence-corrected chi connectivity index (χ1v) is 12.9. The van der Waals surface area contributed by atoms with Crippen molar-refractivity contribution in [3.8, 4) is 33.8 Å². The largest absolute Gasteiger partial charge is 3.00 e. The summed E-state index contributed by atoms with van der Waals surface area (Å²) in [6, 6.07) is 50.5. The molecule has 0 aliphatic rings. The minimum absolute atomic E-state index is 0. The summed E-state index contributed by atoms with van der Waals surface area (Å²) < 4.78 is 0. The van der Waals surface area contributed by atoms with Gasteiger partial charge in [0.2, 0.25) is 0 Å². The molecule has 6 rings (SSSR count). The van der Waals surface area contributed by atoms with Crippen LogP contribution in [0, 0.1) is 18.2 Å². The number of aliphatic hydroxyl groups is 3. The monoisotopic (exact) mass is 751 g/mol. The molecule has 3 aromatic carbocycles. The molecule has 3 heterocycles. The van der Waals surface area contributed by atoms with Crippen LogP contribution in [-0.2, 0) is 20.1 Å². The fourth-order valence-corrected chi connectivity index (χ4v) is 3.22. The SMILES string of the molecule is CO.CO.CO.[Ir+3].[c-]1ccccc1-c1ccccn1.[c-]1ccccc1-c1ccccn1.[c-]1ccccc1-c1ccccn1. The summed E-state index contributed by atoms with van der Waals surface area (Å²) in [6.45, 7) is 0. The summed E-state index contributed by atoms with van der Waals surface area (Å²) in [5.74, 6) is 0. The third-order valence-corrected chi connectivity index (χ3v) is 4.95. The van der Waals surface area contributed by atoms with E-state index in [0.29, 0.717) is 0 Å². The van der Waals surface area contributed by atoms with Crippen LogP contribution in [0.1, 0.15) is 0 Å². The molecule has 222 valence electrons. The van der Waals surface area contributed by atoms with Gasteiger partial charge in [-0.15, -0.1) is 108 Å². The summed E-state index contributed by atoms with van der Waals surface area (Å²) in [7, 11) is 3.00. The minimum Gasteiger partial charge on any atom is -0.400 e. The van der Waals surface area contributed by atoms with Crippen molar-refractivity contribution in [2.45, 2.75) is 0 Å². The molecule has 0 bridgehead atoms. The second-order valence-corrected chi connectivity index (χ2v) is 7.47. The molecule has 0 aliphatic heterocycles. The van der Waals surface area contributed by atoms with Crippen LogP contribution in [0.15, 0.2) is 146 Å². The van der Waals surface area contributed by atoms with Gasteiger partial charge in [0.25, 0.3) is 0 Å². The van der Waals surface area contributed by atoms with Crippen molar-refractivity contribution in [1.29, 1.82) is 0 Å². The Morgan fingerprint density at radius 1 is 0.372 bits per heavy atom. The van der Waals surface area contributed by atoms with Gasteiger partial charge in [-0.3, -0.25) is 0 Å². The molecule has 0 spiro atoms. The Morgan fingerprint density at radius 2 is 0.628 bits per heavy atom. The number of nitrogens with zero attached hydrogens (tertiary/aromatic N) is 3. The summed E-state index contributed by atoms with van der Waals surface area (Å²) in [6.07, 6.45) is 5.36.